The van der Waals surface area contributed by atoms with Gasteiger partial charge in [0.25, 0.3) is 5.91 Å². The van der Waals surface area contributed by atoms with Gasteiger partial charge in [0.05, 0.1) is 22.6 Å². The van der Waals surface area contributed by atoms with Gasteiger partial charge in [-0.05, 0) is 46.8 Å². The molecule has 1 aliphatic rings. The molecule has 1 aromatic carbocycles. The van der Waals surface area contributed by atoms with Crippen LogP contribution < -0.4 is 5.32 Å². The number of halogens is 1. The molecular formula is C17H18BrN3O3. The normalized spacial score (nSPS) is 15.1. The molecule has 1 fully saturated rings. The molecule has 0 radical (unpaired) electrons. The summed E-state index contributed by atoms with van der Waals surface area (Å²) in [5.41, 5.74) is 2.93. The zero-order valence-electron chi connectivity index (χ0n) is 13.2. The largest absolute Gasteiger partial charge is 0.481 e. The number of rotatable bonds is 6. The number of carbonyl (C=O) groups excluding carboxylic acids is 1. The Kier molecular flexibility index (Phi) is 4.71. The first-order valence-corrected chi connectivity index (χ1v) is 8.58. The van der Waals surface area contributed by atoms with Crippen molar-refractivity contribution in [3.05, 3.63) is 51.3 Å². The molecule has 3 N–H and O–H groups in total. The molecule has 7 heteroatoms. The molecule has 1 heterocycles. The van der Waals surface area contributed by atoms with E-state index in [1.165, 1.54) is 0 Å². The van der Waals surface area contributed by atoms with E-state index in [-0.39, 0.29) is 18.0 Å². The Labute approximate surface area is 147 Å². The number of H-pyrrole nitrogens is 1. The SMILES string of the molecule is Cc1ccccc1C(CC(=O)O)NC(=O)c1n[nH]c(C2CC2)c1Br. The molecule has 24 heavy (non-hydrogen) atoms. The molecular weight excluding hydrogens is 374 g/mol. The average molecular weight is 392 g/mol. The number of hydrogen-bond acceptors (Lipinski definition) is 3. The number of hydrogen-bond donors (Lipinski definition) is 3. The second-order valence-electron chi connectivity index (χ2n) is 6.05. The molecule has 0 bridgehead atoms. The Morgan fingerprint density at radius 3 is 2.75 bits per heavy atom. The lowest BCUT2D eigenvalue weighted by Gasteiger charge is -2.19. The van der Waals surface area contributed by atoms with Gasteiger partial charge >= 0.3 is 5.97 Å². The summed E-state index contributed by atoms with van der Waals surface area (Å²) in [6.07, 6.45) is 1.99. The third-order valence-corrected chi connectivity index (χ3v) is 4.98. The molecule has 3 rings (SSSR count). The van der Waals surface area contributed by atoms with Crippen molar-refractivity contribution in [2.75, 3.05) is 0 Å². The van der Waals surface area contributed by atoms with Crippen LogP contribution in [0.2, 0.25) is 0 Å². The Hall–Kier alpha value is -2.15. The lowest BCUT2D eigenvalue weighted by Crippen LogP contribution is -2.31. The van der Waals surface area contributed by atoms with Gasteiger partial charge < -0.3 is 10.4 Å². The maximum absolute atomic E-state index is 12.6. The summed E-state index contributed by atoms with van der Waals surface area (Å²) >= 11 is 3.43. The average Bonchev–Trinajstić information content (AvgIpc) is 3.29. The van der Waals surface area contributed by atoms with Crippen LogP contribution in [0.3, 0.4) is 0 Å². The maximum Gasteiger partial charge on any atom is 0.305 e. The van der Waals surface area contributed by atoms with E-state index in [9.17, 15) is 14.7 Å². The van der Waals surface area contributed by atoms with Gasteiger partial charge in [-0.15, -0.1) is 0 Å². The number of aromatic nitrogens is 2. The summed E-state index contributed by atoms with van der Waals surface area (Å²) in [5, 5.41) is 19.0. The molecule has 6 nitrogen and oxygen atoms in total. The fraction of sp³-hybridized carbons (Fsp3) is 0.353. The highest BCUT2D eigenvalue weighted by molar-refractivity contribution is 9.10. The number of aromatic amines is 1. The molecule has 1 saturated carbocycles. The molecule has 2 aromatic rings. The number of aryl methyl sites for hydroxylation is 1. The van der Waals surface area contributed by atoms with Crippen molar-refractivity contribution in [2.45, 2.75) is 38.1 Å². The Bertz CT molecular complexity index is 783. The molecule has 0 saturated heterocycles. The van der Waals surface area contributed by atoms with E-state index < -0.39 is 12.0 Å². The number of benzene rings is 1. The van der Waals surface area contributed by atoms with Crippen molar-refractivity contribution in [1.82, 2.24) is 15.5 Å². The minimum absolute atomic E-state index is 0.186. The topological polar surface area (TPSA) is 95.1 Å². The number of carbonyl (C=O) groups is 2. The van der Waals surface area contributed by atoms with Crippen molar-refractivity contribution in [1.29, 1.82) is 0 Å². The van der Waals surface area contributed by atoms with E-state index in [0.29, 0.717) is 10.4 Å². The predicted octanol–water partition coefficient (Wildman–Crippen LogP) is 3.30. The van der Waals surface area contributed by atoms with Gasteiger partial charge in [0.15, 0.2) is 5.69 Å². The molecule has 1 aliphatic carbocycles. The van der Waals surface area contributed by atoms with E-state index >= 15 is 0 Å². The van der Waals surface area contributed by atoms with Gasteiger partial charge in [-0.2, -0.15) is 5.10 Å². The zero-order chi connectivity index (χ0) is 17.3. The number of nitrogens with one attached hydrogen (secondary N) is 2. The molecule has 0 spiro atoms. The van der Waals surface area contributed by atoms with Crippen LogP contribution >= 0.6 is 15.9 Å². The van der Waals surface area contributed by atoms with Crippen LogP contribution in [-0.4, -0.2) is 27.2 Å². The molecule has 1 amide bonds. The minimum Gasteiger partial charge on any atom is -0.481 e. The predicted molar refractivity (Wildman–Crippen MR) is 91.9 cm³/mol. The van der Waals surface area contributed by atoms with Gasteiger partial charge in [0.1, 0.15) is 0 Å². The quantitative estimate of drug-likeness (QED) is 0.703. The third kappa shape index (κ3) is 3.51. The summed E-state index contributed by atoms with van der Waals surface area (Å²) < 4.78 is 0.668. The number of carboxylic acid groups (broad SMARTS) is 1. The smallest absolute Gasteiger partial charge is 0.305 e. The monoisotopic (exact) mass is 391 g/mol. The summed E-state index contributed by atoms with van der Waals surface area (Å²) in [6, 6.07) is 6.83. The summed E-state index contributed by atoms with van der Waals surface area (Å²) in [5.74, 6) is -0.928. The first-order valence-electron chi connectivity index (χ1n) is 7.79. The van der Waals surface area contributed by atoms with E-state index in [1.54, 1.807) is 0 Å². The highest BCUT2D eigenvalue weighted by Crippen LogP contribution is 2.42. The van der Waals surface area contributed by atoms with Crippen molar-refractivity contribution in [2.24, 2.45) is 0 Å². The summed E-state index contributed by atoms with van der Waals surface area (Å²) in [7, 11) is 0. The minimum atomic E-state index is -0.969. The Morgan fingerprint density at radius 1 is 1.42 bits per heavy atom. The second kappa shape index (κ2) is 6.76. The van der Waals surface area contributed by atoms with Crippen molar-refractivity contribution < 1.29 is 14.7 Å². The van der Waals surface area contributed by atoms with E-state index in [1.807, 2.05) is 31.2 Å². The lowest BCUT2D eigenvalue weighted by molar-refractivity contribution is -0.137. The summed E-state index contributed by atoms with van der Waals surface area (Å²) in [6.45, 7) is 1.89. The van der Waals surface area contributed by atoms with Crippen LogP contribution in [0.1, 0.15) is 58.5 Å². The van der Waals surface area contributed by atoms with Crippen LogP contribution in [0.5, 0.6) is 0 Å². The van der Waals surface area contributed by atoms with Crippen LogP contribution in [0.25, 0.3) is 0 Å². The van der Waals surface area contributed by atoms with Crippen LogP contribution in [-0.2, 0) is 4.79 Å². The fourth-order valence-electron chi connectivity index (χ4n) is 2.75. The van der Waals surface area contributed by atoms with Crippen LogP contribution in [0, 0.1) is 6.92 Å². The molecule has 1 atom stereocenters. The number of carboxylic acids is 1. The van der Waals surface area contributed by atoms with E-state index in [4.69, 9.17) is 0 Å². The molecule has 0 aliphatic heterocycles. The van der Waals surface area contributed by atoms with Crippen molar-refractivity contribution in [3.63, 3.8) is 0 Å². The number of nitrogens with zero attached hydrogens (tertiary/aromatic N) is 1. The van der Waals surface area contributed by atoms with Crippen molar-refractivity contribution in [3.8, 4) is 0 Å². The molecule has 126 valence electrons. The van der Waals surface area contributed by atoms with Gasteiger partial charge in [-0.1, -0.05) is 24.3 Å². The zero-order valence-corrected chi connectivity index (χ0v) is 14.8. The first kappa shape index (κ1) is 16.7. The number of aliphatic carboxylic acids is 1. The first-order chi connectivity index (χ1) is 11.5. The third-order valence-electron chi connectivity index (χ3n) is 4.18. The summed E-state index contributed by atoms with van der Waals surface area (Å²) in [4.78, 5) is 23.8. The van der Waals surface area contributed by atoms with Gasteiger partial charge in [0.2, 0.25) is 0 Å². The van der Waals surface area contributed by atoms with Gasteiger partial charge in [0, 0.05) is 5.92 Å². The van der Waals surface area contributed by atoms with E-state index in [2.05, 4.69) is 31.4 Å². The highest BCUT2D eigenvalue weighted by Gasteiger charge is 2.31. The maximum atomic E-state index is 12.6. The number of amides is 1. The lowest BCUT2D eigenvalue weighted by atomic mass is 9.98. The van der Waals surface area contributed by atoms with Crippen molar-refractivity contribution >= 4 is 27.8 Å². The Morgan fingerprint density at radius 2 is 2.12 bits per heavy atom. The molecule has 1 aromatic heterocycles. The van der Waals surface area contributed by atoms with Crippen LogP contribution in [0.15, 0.2) is 28.7 Å². The Balaban J connectivity index is 1.83. The molecule has 1 unspecified atom stereocenters. The van der Waals surface area contributed by atoms with E-state index in [0.717, 1.165) is 29.7 Å². The van der Waals surface area contributed by atoms with Gasteiger partial charge in [-0.3, -0.25) is 14.7 Å². The second-order valence-corrected chi connectivity index (χ2v) is 6.85. The van der Waals surface area contributed by atoms with Gasteiger partial charge in [-0.25, -0.2) is 0 Å². The fourth-order valence-corrected chi connectivity index (χ4v) is 3.43. The highest BCUT2D eigenvalue weighted by atomic mass is 79.9. The van der Waals surface area contributed by atoms with Crippen LogP contribution in [0.4, 0.5) is 0 Å². The standard InChI is InChI=1S/C17H18BrN3O3/c1-9-4-2-3-5-11(9)12(8-13(22)23)19-17(24)16-14(18)15(20-21-16)10-6-7-10/h2-5,10,12H,6-8H2,1H3,(H,19,24)(H,20,21)(H,22,23).